The Labute approximate surface area is 136 Å². The van der Waals surface area contributed by atoms with Crippen LogP contribution in [0.5, 0.6) is 0 Å². The maximum atomic E-state index is 12.8. The molecule has 0 radical (unpaired) electrons. The van der Waals surface area contributed by atoms with Gasteiger partial charge in [-0.2, -0.15) is 0 Å². The van der Waals surface area contributed by atoms with Crippen molar-refractivity contribution in [2.24, 2.45) is 11.5 Å². The van der Waals surface area contributed by atoms with Gasteiger partial charge in [0.25, 0.3) is 0 Å². The molecule has 0 bridgehead atoms. The van der Waals surface area contributed by atoms with Crippen molar-refractivity contribution in [3.05, 3.63) is 52.7 Å². The summed E-state index contributed by atoms with van der Waals surface area (Å²) in [7, 11) is 0. The summed E-state index contributed by atoms with van der Waals surface area (Å²) in [5.41, 5.74) is 12.0. The second-order valence-corrected chi connectivity index (χ2v) is 5.50. The lowest BCUT2D eigenvalue weighted by Gasteiger charge is -2.16. The fraction of sp³-hybridized carbons (Fsp3) is 0.118. The molecule has 0 aliphatic rings. The molecule has 1 atom stereocenters. The second kappa shape index (κ2) is 6.04. The third-order valence-corrected chi connectivity index (χ3v) is 3.81. The van der Waals surface area contributed by atoms with Gasteiger partial charge in [-0.15, -0.1) is 0 Å². The summed E-state index contributed by atoms with van der Waals surface area (Å²) >= 11 is 0. The Morgan fingerprint density at radius 1 is 1.04 bits per heavy atom. The average molecular weight is 324 g/mol. The van der Waals surface area contributed by atoms with Crippen molar-refractivity contribution in [1.29, 1.82) is 0 Å². The van der Waals surface area contributed by atoms with Crippen LogP contribution < -0.4 is 22.2 Å². The standard InChI is InChI=1S/C17H16N4O3/c18-14(22)8-13(17(19)24)21-12-7-3-6-11-15(12)16(23)9-4-1-2-5-10(9)20-11/h1-7,13,21H,8H2,(H2,18,22)(H2,19,24)(H,20,23). The van der Waals surface area contributed by atoms with E-state index in [1.165, 1.54) is 0 Å². The van der Waals surface area contributed by atoms with Gasteiger partial charge in [0.1, 0.15) is 6.04 Å². The Kier molecular flexibility index (Phi) is 3.91. The third-order valence-electron chi connectivity index (χ3n) is 3.81. The molecule has 7 nitrogen and oxygen atoms in total. The molecule has 1 aromatic heterocycles. The van der Waals surface area contributed by atoms with Crippen LogP contribution in [-0.2, 0) is 9.59 Å². The number of para-hydroxylation sites is 1. The number of anilines is 1. The van der Waals surface area contributed by atoms with E-state index < -0.39 is 17.9 Å². The quantitative estimate of drug-likeness (QED) is 0.517. The van der Waals surface area contributed by atoms with Crippen molar-refractivity contribution in [2.45, 2.75) is 12.5 Å². The first-order chi connectivity index (χ1) is 11.5. The number of primary amides is 2. The number of aromatic nitrogens is 1. The molecule has 0 fully saturated rings. The minimum Gasteiger partial charge on any atom is -0.373 e. The number of amides is 2. The molecule has 3 rings (SSSR count). The highest BCUT2D eigenvalue weighted by Gasteiger charge is 2.19. The predicted molar refractivity (Wildman–Crippen MR) is 92.5 cm³/mol. The van der Waals surface area contributed by atoms with E-state index in [2.05, 4.69) is 10.3 Å². The maximum absolute atomic E-state index is 12.8. The van der Waals surface area contributed by atoms with Gasteiger partial charge in [0.2, 0.25) is 11.8 Å². The number of aromatic amines is 1. The van der Waals surface area contributed by atoms with Gasteiger partial charge in [0.15, 0.2) is 5.43 Å². The van der Waals surface area contributed by atoms with Crippen molar-refractivity contribution in [1.82, 2.24) is 4.98 Å². The van der Waals surface area contributed by atoms with Crippen molar-refractivity contribution >= 4 is 39.3 Å². The van der Waals surface area contributed by atoms with E-state index in [0.717, 1.165) is 5.52 Å². The number of nitrogens with two attached hydrogens (primary N) is 2. The molecular weight excluding hydrogens is 308 g/mol. The van der Waals surface area contributed by atoms with Crippen molar-refractivity contribution in [3.63, 3.8) is 0 Å². The van der Waals surface area contributed by atoms with Crippen LogP contribution in [0.2, 0.25) is 0 Å². The SMILES string of the molecule is NC(=O)CC(Nc1cccc2[nH]c3ccccc3c(=O)c12)C(N)=O. The minimum atomic E-state index is -0.987. The fourth-order valence-electron chi connectivity index (χ4n) is 2.70. The molecule has 1 unspecified atom stereocenters. The second-order valence-electron chi connectivity index (χ2n) is 5.50. The molecule has 3 aromatic rings. The van der Waals surface area contributed by atoms with Gasteiger partial charge in [-0.05, 0) is 24.3 Å². The Balaban J connectivity index is 2.18. The Bertz CT molecular complexity index is 1010. The molecule has 6 N–H and O–H groups in total. The van der Waals surface area contributed by atoms with E-state index in [9.17, 15) is 14.4 Å². The summed E-state index contributed by atoms with van der Waals surface area (Å²) in [6, 6.07) is 11.3. The Morgan fingerprint density at radius 2 is 1.75 bits per heavy atom. The summed E-state index contributed by atoms with van der Waals surface area (Å²) < 4.78 is 0. The first kappa shape index (κ1) is 15.5. The number of carbonyl (C=O) groups excluding carboxylic acids is 2. The third kappa shape index (κ3) is 2.79. The molecule has 24 heavy (non-hydrogen) atoms. The van der Waals surface area contributed by atoms with Crippen LogP contribution in [0, 0.1) is 0 Å². The first-order valence-electron chi connectivity index (χ1n) is 7.35. The number of H-pyrrole nitrogens is 1. The van der Waals surface area contributed by atoms with Crippen molar-refractivity contribution in [2.75, 3.05) is 5.32 Å². The topological polar surface area (TPSA) is 131 Å². The van der Waals surface area contributed by atoms with Crippen LogP contribution in [0.3, 0.4) is 0 Å². The zero-order valence-electron chi connectivity index (χ0n) is 12.7. The normalized spacial score (nSPS) is 12.2. The van der Waals surface area contributed by atoms with Crippen LogP contribution in [0.1, 0.15) is 6.42 Å². The lowest BCUT2D eigenvalue weighted by Crippen LogP contribution is -2.39. The van der Waals surface area contributed by atoms with E-state index in [1.54, 1.807) is 30.3 Å². The summed E-state index contributed by atoms with van der Waals surface area (Å²) in [6.07, 6.45) is -0.253. The van der Waals surface area contributed by atoms with Crippen LogP contribution in [0.4, 0.5) is 5.69 Å². The van der Waals surface area contributed by atoms with Gasteiger partial charge >= 0.3 is 0 Å². The summed E-state index contributed by atoms with van der Waals surface area (Å²) in [4.78, 5) is 38.7. The molecule has 122 valence electrons. The van der Waals surface area contributed by atoms with Crippen LogP contribution in [-0.4, -0.2) is 22.8 Å². The van der Waals surface area contributed by atoms with Gasteiger partial charge < -0.3 is 21.8 Å². The molecular formula is C17H16N4O3. The zero-order chi connectivity index (χ0) is 17.3. The maximum Gasteiger partial charge on any atom is 0.240 e. The number of nitrogens with one attached hydrogen (secondary N) is 2. The van der Waals surface area contributed by atoms with Gasteiger partial charge in [0, 0.05) is 16.6 Å². The van der Waals surface area contributed by atoms with Crippen LogP contribution >= 0.6 is 0 Å². The number of pyridine rings is 1. The number of rotatable bonds is 5. The number of carbonyl (C=O) groups is 2. The Morgan fingerprint density at radius 3 is 2.46 bits per heavy atom. The summed E-state index contributed by atoms with van der Waals surface area (Å²) in [5, 5.41) is 3.79. The van der Waals surface area contributed by atoms with Crippen molar-refractivity contribution in [3.8, 4) is 0 Å². The van der Waals surface area contributed by atoms with Gasteiger partial charge in [0.05, 0.1) is 17.3 Å². The largest absolute Gasteiger partial charge is 0.373 e. The predicted octanol–water partition coefficient (Wildman–Crippen LogP) is 0.822. The highest BCUT2D eigenvalue weighted by molar-refractivity contribution is 6.00. The van der Waals surface area contributed by atoms with E-state index in [4.69, 9.17) is 11.5 Å². The molecule has 0 aliphatic heterocycles. The minimum absolute atomic E-state index is 0.176. The molecule has 2 aromatic carbocycles. The highest BCUT2D eigenvalue weighted by atomic mass is 16.2. The average Bonchev–Trinajstić information content (AvgIpc) is 2.54. The van der Waals surface area contributed by atoms with E-state index in [0.29, 0.717) is 22.0 Å². The molecule has 1 heterocycles. The summed E-state index contributed by atoms with van der Waals surface area (Å²) in [5.74, 6) is -1.38. The number of benzene rings is 2. The van der Waals surface area contributed by atoms with Crippen molar-refractivity contribution < 1.29 is 9.59 Å². The fourth-order valence-corrected chi connectivity index (χ4v) is 2.70. The molecule has 0 saturated carbocycles. The monoisotopic (exact) mass is 324 g/mol. The lowest BCUT2D eigenvalue weighted by atomic mass is 10.1. The summed E-state index contributed by atoms with van der Waals surface area (Å²) in [6.45, 7) is 0. The molecule has 0 saturated heterocycles. The first-order valence-corrected chi connectivity index (χ1v) is 7.35. The Hall–Kier alpha value is -3.35. The van der Waals surface area contributed by atoms with E-state index in [1.807, 2.05) is 12.1 Å². The zero-order valence-corrected chi connectivity index (χ0v) is 12.7. The van der Waals surface area contributed by atoms with Crippen LogP contribution in [0.25, 0.3) is 21.8 Å². The van der Waals surface area contributed by atoms with Gasteiger partial charge in [-0.1, -0.05) is 18.2 Å². The molecule has 0 spiro atoms. The molecule has 7 heteroatoms. The number of hydrogen-bond acceptors (Lipinski definition) is 4. The lowest BCUT2D eigenvalue weighted by molar-refractivity contribution is -0.123. The van der Waals surface area contributed by atoms with E-state index in [-0.39, 0.29) is 11.8 Å². The van der Waals surface area contributed by atoms with E-state index >= 15 is 0 Å². The van der Waals surface area contributed by atoms with Crippen LogP contribution in [0.15, 0.2) is 47.3 Å². The van der Waals surface area contributed by atoms with Gasteiger partial charge in [-0.3, -0.25) is 14.4 Å². The molecule has 2 amide bonds. The smallest absolute Gasteiger partial charge is 0.240 e. The molecule has 0 aliphatic carbocycles. The highest BCUT2D eigenvalue weighted by Crippen LogP contribution is 2.22. The number of fused-ring (bicyclic) bond motifs is 2. The van der Waals surface area contributed by atoms with Gasteiger partial charge in [-0.25, -0.2) is 0 Å². The number of hydrogen-bond donors (Lipinski definition) is 4.